The lowest BCUT2D eigenvalue weighted by Gasteiger charge is -2.18. The summed E-state index contributed by atoms with van der Waals surface area (Å²) in [6, 6.07) is 9.13. The van der Waals surface area contributed by atoms with Crippen LogP contribution in [0.1, 0.15) is 13.3 Å². The van der Waals surface area contributed by atoms with E-state index >= 15 is 0 Å². The summed E-state index contributed by atoms with van der Waals surface area (Å²) in [5.41, 5.74) is 1.49. The second-order valence-corrected chi connectivity index (χ2v) is 5.72. The van der Waals surface area contributed by atoms with E-state index in [1.165, 1.54) is 0 Å². The lowest BCUT2D eigenvalue weighted by atomic mass is 10.1. The second-order valence-electron chi connectivity index (χ2n) is 5.72. The number of anilines is 1. The molecule has 24 heavy (non-hydrogen) atoms. The zero-order valence-electron chi connectivity index (χ0n) is 13.6. The number of amides is 3. The summed E-state index contributed by atoms with van der Waals surface area (Å²) in [7, 11) is 0. The van der Waals surface area contributed by atoms with Crippen molar-refractivity contribution < 1.29 is 9.59 Å². The first-order chi connectivity index (χ1) is 11.7. The summed E-state index contributed by atoms with van der Waals surface area (Å²) in [6.45, 7) is 3.53. The van der Waals surface area contributed by atoms with E-state index in [0.717, 1.165) is 5.69 Å². The third kappa shape index (κ3) is 3.40. The van der Waals surface area contributed by atoms with Crippen molar-refractivity contribution in [3.63, 3.8) is 0 Å². The first-order valence-electron chi connectivity index (χ1n) is 8.11. The topological polar surface area (TPSA) is 79.3 Å². The van der Waals surface area contributed by atoms with Gasteiger partial charge in [0.15, 0.2) is 0 Å². The number of nitrogens with one attached hydrogen (secondary N) is 2. The lowest BCUT2D eigenvalue weighted by molar-refractivity contribution is -0.124. The molecule has 0 spiro atoms. The Morgan fingerprint density at radius 2 is 2.12 bits per heavy atom. The Labute approximate surface area is 140 Å². The third-order valence-corrected chi connectivity index (χ3v) is 4.09. The fourth-order valence-electron chi connectivity index (χ4n) is 2.86. The average molecular weight is 327 g/mol. The Hall–Kier alpha value is -2.83. The van der Waals surface area contributed by atoms with Gasteiger partial charge in [0, 0.05) is 32.0 Å². The van der Waals surface area contributed by atoms with Crippen LogP contribution in [-0.2, 0) is 4.79 Å². The van der Waals surface area contributed by atoms with Gasteiger partial charge in [-0.15, -0.1) is 0 Å². The maximum atomic E-state index is 12.5. The maximum absolute atomic E-state index is 12.5. The van der Waals surface area contributed by atoms with Gasteiger partial charge in [0.1, 0.15) is 0 Å². The van der Waals surface area contributed by atoms with Crippen LogP contribution in [0.15, 0.2) is 42.7 Å². The fourth-order valence-corrected chi connectivity index (χ4v) is 2.86. The number of benzene rings is 1. The van der Waals surface area contributed by atoms with Crippen molar-refractivity contribution in [2.45, 2.75) is 13.3 Å². The van der Waals surface area contributed by atoms with E-state index in [4.69, 9.17) is 0 Å². The standard InChI is InChI=1S/C17H21N5O2/c1-2-18-16(23)13-8-11-21(12-13)17(24)20-14-6-3-4-7-15(14)22-10-5-9-19-22/h3-7,9-10,13H,2,8,11-12H2,1H3,(H,18,23)(H,20,24). The molecule has 0 bridgehead atoms. The summed E-state index contributed by atoms with van der Waals surface area (Å²) in [5.74, 6) is -0.109. The molecule has 1 unspecified atom stereocenters. The maximum Gasteiger partial charge on any atom is 0.321 e. The lowest BCUT2D eigenvalue weighted by Crippen LogP contribution is -2.36. The molecule has 1 aromatic carbocycles. The molecule has 0 radical (unpaired) electrons. The van der Waals surface area contributed by atoms with Crippen LogP contribution in [0.3, 0.4) is 0 Å². The average Bonchev–Trinajstić information content (AvgIpc) is 3.27. The SMILES string of the molecule is CCNC(=O)C1CCN(C(=O)Nc2ccccc2-n2cccn2)C1. The Balaban J connectivity index is 1.67. The molecule has 1 fully saturated rings. The van der Waals surface area contributed by atoms with Gasteiger partial charge in [-0.2, -0.15) is 5.10 Å². The molecular weight excluding hydrogens is 306 g/mol. The predicted octanol–water partition coefficient (Wildman–Crippen LogP) is 1.86. The van der Waals surface area contributed by atoms with Gasteiger partial charge in [0.05, 0.1) is 17.3 Å². The van der Waals surface area contributed by atoms with Gasteiger partial charge in [0.2, 0.25) is 5.91 Å². The van der Waals surface area contributed by atoms with Crippen molar-refractivity contribution in [3.8, 4) is 5.69 Å². The second kappa shape index (κ2) is 7.16. The Kier molecular flexibility index (Phi) is 4.79. The number of urea groups is 1. The van der Waals surface area contributed by atoms with Crippen LogP contribution in [0.25, 0.3) is 5.69 Å². The van der Waals surface area contributed by atoms with E-state index in [1.807, 2.05) is 43.5 Å². The highest BCUT2D eigenvalue weighted by Crippen LogP contribution is 2.22. The molecule has 2 N–H and O–H groups in total. The molecule has 2 aromatic rings. The van der Waals surface area contributed by atoms with E-state index < -0.39 is 0 Å². The molecule has 0 saturated carbocycles. The van der Waals surface area contributed by atoms with Crippen LogP contribution in [0.4, 0.5) is 10.5 Å². The normalized spacial score (nSPS) is 16.9. The highest BCUT2D eigenvalue weighted by molar-refractivity contribution is 5.92. The van der Waals surface area contributed by atoms with Gasteiger partial charge >= 0.3 is 6.03 Å². The van der Waals surface area contributed by atoms with Crippen LogP contribution in [0.2, 0.25) is 0 Å². The van der Waals surface area contributed by atoms with Gasteiger partial charge in [-0.1, -0.05) is 12.1 Å². The van der Waals surface area contributed by atoms with Gasteiger partial charge in [-0.05, 0) is 31.5 Å². The number of nitrogens with zero attached hydrogens (tertiary/aromatic N) is 3. The number of hydrogen-bond donors (Lipinski definition) is 2. The molecule has 3 amide bonds. The summed E-state index contributed by atoms with van der Waals surface area (Å²) in [5, 5.41) is 9.95. The molecule has 7 heteroatoms. The van der Waals surface area contributed by atoms with Gasteiger partial charge in [-0.25, -0.2) is 9.48 Å². The van der Waals surface area contributed by atoms with Crippen molar-refractivity contribution in [2.75, 3.05) is 25.0 Å². The van der Waals surface area contributed by atoms with E-state index in [9.17, 15) is 9.59 Å². The minimum Gasteiger partial charge on any atom is -0.356 e. The minimum atomic E-state index is -0.193. The van der Waals surface area contributed by atoms with Crippen LogP contribution in [-0.4, -0.2) is 46.3 Å². The quantitative estimate of drug-likeness (QED) is 0.899. The molecule has 126 valence electrons. The molecule has 7 nitrogen and oxygen atoms in total. The minimum absolute atomic E-state index is 0.0183. The molecule has 1 aliphatic rings. The number of carbonyl (C=O) groups is 2. The number of likely N-dealkylation sites (tertiary alicyclic amines) is 1. The summed E-state index contributed by atoms with van der Waals surface area (Å²) in [6.07, 6.45) is 4.21. The number of carbonyl (C=O) groups excluding carboxylic acids is 2. The molecule has 0 aliphatic carbocycles. The van der Waals surface area contributed by atoms with Crippen LogP contribution < -0.4 is 10.6 Å². The summed E-state index contributed by atoms with van der Waals surface area (Å²) < 4.78 is 1.71. The number of aromatic nitrogens is 2. The monoisotopic (exact) mass is 327 g/mol. The van der Waals surface area contributed by atoms with Crippen molar-refractivity contribution in [1.82, 2.24) is 20.0 Å². The largest absolute Gasteiger partial charge is 0.356 e. The summed E-state index contributed by atoms with van der Waals surface area (Å²) in [4.78, 5) is 26.1. The van der Waals surface area contributed by atoms with Gasteiger partial charge in [0.25, 0.3) is 0 Å². The van der Waals surface area contributed by atoms with Crippen molar-refractivity contribution in [1.29, 1.82) is 0 Å². The molecular formula is C17H21N5O2. The number of hydrogen-bond acceptors (Lipinski definition) is 3. The first kappa shape index (κ1) is 16.0. The molecule has 1 atom stereocenters. The Morgan fingerprint density at radius 1 is 1.29 bits per heavy atom. The van der Waals surface area contributed by atoms with Crippen LogP contribution >= 0.6 is 0 Å². The van der Waals surface area contributed by atoms with Gasteiger partial charge < -0.3 is 15.5 Å². The third-order valence-electron chi connectivity index (χ3n) is 4.09. The first-order valence-corrected chi connectivity index (χ1v) is 8.11. The van der Waals surface area contributed by atoms with Crippen LogP contribution in [0, 0.1) is 5.92 Å². The van der Waals surface area contributed by atoms with Crippen LogP contribution in [0.5, 0.6) is 0 Å². The zero-order chi connectivity index (χ0) is 16.9. The van der Waals surface area contributed by atoms with Crippen molar-refractivity contribution >= 4 is 17.6 Å². The predicted molar refractivity (Wildman–Crippen MR) is 90.9 cm³/mol. The summed E-state index contributed by atoms with van der Waals surface area (Å²) >= 11 is 0. The smallest absolute Gasteiger partial charge is 0.321 e. The van der Waals surface area contributed by atoms with Gasteiger partial charge in [-0.3, -0.25) is 4.79 Å². The molecule has 3 rings (SSSR count). The zero-order valence-corrected chi connectivity index (χ0v) is 13.6. The van der Waals surface area contributed by atoms with E-state index in [1.54, 1.807) is 15.8 Å². The highest BCUT2D eigenvalue weighted by Gasteiger charge is 2.31. The molecule has 2 heterocycles. The molecule has 1 saturated heterocycles. The van der Waals surface area contributed by atoms with Crippen molar-refractivity contribution in [2.24, 2.45) is 5.92 Å². The Bertz CT molecular complexity index is 714. The Morgan fingerprint density at radius 3 is 2.88 bits per heavy atom. The van der Waals surface area contributed by atoms with E-state index in [0.29, 0.717) is 31.7 Å². The molecule has 1 aliphatic heterocycles. The van der Waals surface area contributed by atoms with Crippen molar-refractivity contribution in [3.05, 3.63) is 42.7 Å². The number of rotatable bonds is 4. The van der Waals surface area contributed by atoms with E-state index in [2.05, 4.69) is 15.7 Å². The molecule has 1 aromatic heterocycles. The number of para-hydroxylation sites is 2. The van der Waals surface area contributed by atoms with E-state index in [-0.39, 0.29) is 17.9 Å². The highest BCUT2D eigenvalue weighted by atomic mass is 16.2. The fraction of sp³-hybridized carbons (Fsp3) is 0.353.